The van der Waals surface area contributed by atoms with Crippen LogP contribution in [-0.4, -0.2) is 22.8 Å². The summed E-state index contributed by atoms with van der Waals surface area (Å²) < 4.78 is 0. The Morgan fingerprint density at radius 3 is 2.10 bits per heavy atom. The number of oxime groups is 1. The zero-order chi connectivity index (χ0) is 15.0. The quantitative estimate of drug-likeness (QED) is 0.620. The second kappa shape index (κ2) is 5.19. The molecule has 0 atom stereocenters. The van der Waals surface area contributed by atoms with Gasteiger partial charge in [0.2, 0.25) is 0 Å². The molecule has 0 radical (unpaired) electrons. The van der Waals surface area contributed by atoms with Crippen molar-refractivity contribution in [2.75, 3.05) is 7.11 Å². The van der Waals surface area contributed by atoms with Gasteiger partial charge in [0.05, 0.1) is 5.52 Å². The van der Waals surface area contributed by atoms with Crippen molar-refractivity contribution in [1.29, 1.82) is 0 Å². The number of hydrogen-bond donors (Lipinski definition) is 0. The molecule has 1 aromatic carbocycles. The van der Waals surface area contributed by atoms with Gasteiger partial charge in [-0.15, -0.1) is 0 Å². The van der Waals surface area contributed by atoms with Gasteiger partial charge in [0.1, 0.15) is 12.8 Å². The minimum Gasteiger partial charge on any atom is -0.399 e. The molecule has 4 heteroatoms. The standard InChI is InChI=1S/C16H21N3O/c1-8-9(2)11(4)15-14(10(8)3)12(5)17-16(18-15)13(6)19-20-7/h1-7H3/b19-13-. The SMILES string of the molecule is CO/N=C(/C)c1nc(C)c2c(C)c(C)c(C)c(C)c2n1. The zero-order valence-corrected chi connectivity index (χ0v) is 13.2. The molecular formula is C16H21N3O. The number of benzene rings is 1. The molecule has 0 bridgehead atoms. The van der Waals surface area contributed by atoms with E-state index in [4.69, 9.17) is 9.82 Å². The van der Waals surface area contributed by atoms with Gasteiger partial charge in [-0.1, -0.05) is 5.16 Å². The van der Waals surface area contributed by atoms with Gasteiger partial charge in [0.15, 0.2) is 5.82 Å². The lowest BCUT2D eigenvalue weighted by atomic mass is 9.94. The molecule has 0 amide bonds. The molecule has 1 aromatic heterocycles. The first-order valence-corrected chi connectivity index (χ1v) is 6.71. The summed E-state index contributed by atoms with van der Waals surface area (Å²) in [7, 11) is 1.53. The largest absolute Gasteiger partial charge is 0.399 e. The Morgan fingerprint density at radius 2 is 1.50 bits per heavy atom. The summed E-state index contributed by atoms with van der Waals surface area (Å²) in [6.07, 6.45) is 0. The summed E-state index contributed by atoms with van der Waals surface area (Å²) in [5.74, 6) is 0.627. The van der Waals surface area contributed by atoms with Crippen LogP contribution in [-0.2, 0) is 4.84 Å². The van der Waals surface area contributed by atoms with Gasteiger partial charge in [-0.3, -0.25) is 0 Å². The summed E-state index contributed by atoms with van der Waals surface area (Å²) >= 11 is 0. The molecule has 2 rings (SSSR count). The first kappa shape index (κ1) is 14.4. The molecule has 106 valence electrons. The molecule has 0 unspecified atom stereocenters. The van der Waals surface area contributed by atoms with Crippen LogP contribution in [0.3, 0.4) is 0 Å². The summed E-state index contributed by atoms with van der Waals surface area (Å²) in [6.45, 7) is 12.4. The highest BCUT2D eigenvalue weighted by Gasteiger charge is 2.15. The predicted octanol–water partition coefficient (Wildman–Crippen LogP) is 3.54. The van der Waals surface area contributed by atoms with Crippen molar-refractivity contribution < 1.29 is 4.84 Å². The van der Waals surface area contributed by atoms with Crippen LogP contribution in [0.1, 0.15) is 40.7 Å². The average Bonchev–Trinajstić information content (AvgIpc) is 2.42. The molecule has 0 saturated heterocycles. The number of aromatic nitrogens is 2. The Bertz CT molecular complexity index is 718. The highest BCUT2D eigenvalue weighted by molar-refractivity contribution is 5.98. The molecule has 20 heavy (non-hydrogen) atoms. The van der Waals surface area contributed by atoms with Crippen molar-refractivity contribution in [3.8, 4) is 0 Å². The number of hydrogen-bond acceptors (Lipinski definition) is 4. The Balaban J connectivity index is 2.88. The fraction of sp³-hybridized carbons (Fsp3) is 0.438. The summed E-state index contributed by atoms with van der Waals surface area (Å²) in [6, 6.07) is 0. The molecule has 0 N–H and O–H groups in total. The Labute approximate surface area is 119 Å². The van der Waals surface area contributed by atoms with E-state index in [9.17, 15) is 0 Å². The second-order valence-electron chi connectivity index (χ2n) is 5.22. The topological polar surface area (TPSA) is 47.4 Å². The van der Waals surface area contributed by atoms with Crippen LogP contribution in [0.4, 0.5) is 0 Å². The van der Waals surface area contributed by atoms with Gasteiger partial charge in [-0.25, -0.2) is 9.97 Å². The Hall–Kier alpha value is -1.97. The van der Waals surface area contributed by atoms with E-state index in [1.165, 1.54) is 29.4 Å². The van der Waals surface area contributed by atoms with Crippen LogP contribution < -0.4 is 0 Å². The molecule has 0 aliphatic carbocycles. The van der Waals surface area contributed by atoms with E-state index in [0.29, 0.717) is 11.5 Å². The zero-order valence-electron chi connectivity index (χ0n) is 13.2. The van der Waals surface area contributed by atoms with Gasteiger partial charge in [-0.2, -0.15) is 0 Å². The predicted molar refractivity (Wildman–Crippen MR) is 82.4 cm³/mol. The van der Waals surface area contributed by atoms with Gasteiger partial charge in [0, 0.05) is 11.1 Å². The molecule has 0 aliphatic rings. The maximum absolute atomic E-state index is 4.81. The lowest BCUT2D eigenvalue weighted by Crippen LogP contribution is -2.08. The van der Waals surface area contributed by atoms with Crippen molar-refractivity contribution in [2.24, 2.45) is 5.16 Å². The van der Waals surface area contributed by atoms with Crippen molar-refractivity contribution in [1.82, 2.24) is 9.97 Å². The number of rotatable bonds is 2. The summed E-state index contributed by atoms with van der Waals surface area (Å²) in [5.41, 5.74) is 7.76. The number of fused-ring (bicyclic) bond motifs is 1. The Morgan fingerprint density at radius 1 is 0.900 bits per heavy atom. The van der Waals surface area contributed by atoms with E-state index in [1.807, 2.05) is 13.8 Å². The van der Waals surface area contributed by atoms with E-state index in [-0.39, 0.29) is 0 Å². The van der Waals surface area contributed by atoms with Gasteiger partial charge in [-0.05, 0) is 63.8 Å². The van der Waals surface area contributed by atoms with Crippen LogP contribution in [0.5, 0.6) is 0 Å². The highest BCUT2D eigenvalue weighted by Crippen LogP contribution is 2.29. The lowest BCUT2D eigenvalue weighted by molar-refractivity contribution is 0.213. The monoisotopic (exact) mass is 271 g/mol. The third kappa shape index (κ3) is 2.15. The van der Waals surface area contributed by atoms with E-state index < -0.39 is 0 Å². The molecule has 0 fully saturated rings. The van der Waals surface area contributed by atoms with Crippen LogP contribution in [0.15, 0.2) is 5.16 Å². The highest BCUT2D eigenvalue weighted by atomic mass is 16.6. The van der Waals surface area contributed by atoms with E-state index in [0.717, 1.165) is 16.6 Å². The molecule has 0 spiro atoms. The molecule has 2 aromatic rings. The maximum Gasteiger partial charge on any atom is 0.177 e. The maximum atomic E-state index is 4.81. The fourth-order valence-electron chi connectivity index (χ4n) is 2.56. The van der Waals surface area contributed by atoms with Gasteiger partial charge >= 0.3 is 0 Å². The second-order valence-corrected chi connectivity index (χ2v) is 5.22. The molecule has 1 heterocycles. The van der Waals surface area contributed by atoms with Crippen LogP contribution in [0.25, 0.3) is 10.9 Å². The average molecular weight is 271 g/mol. The van der Waals surface area contributed by atoms with E-state index in [2.05, 4.69) is 37.8 Å². The molecular weight excluding hydrogens is 250 g/mol. The van der Waals surface area contributed by atoms with Crippen molar-refractivity contribution in [3.05, 3.63) is 33.8 Å². The third-order valence-electron chi connectivity index (χ3n) is 4.06. The van der Waals surface area contributed by atoms with Crippen molar-refractivity contribution >= 4 is 16.6 Å². The first-order chi connectivity index (χ1) is 9.38. The van der Waals surface area contributed by atoms with Crippen molar-refractivity contribution in [2.45, 2.75) is 41.5 Å². The summed E-state index contributed by atoms with van der Waals surface area (Å²) in [5, 5.41) is 5.08. The van der Waals surface area contributed by atoms with E-state index in [1.54, 1.807) is 0 Å². The Kier molecular flexibility index (Phi) is 3.75. The first-order valence-electron chi connectivity index (χ1n) is 6.71. The number of aryl methyl sites for hydroxylation is 3. The summed E-state index contributed by atoms with van der Waals surface area (Å²) in [4.78, 5) is 14.1. The van der Waals surface area contributed by atoms with Crippen LogP contribution in [0, 0.1) is 34.6 Å². The fourth-order valence-corrected chi connectivity index (χ4v) is 2.56. The molecule has 4 nitrogen and oxygen atoms in total. The van der Waals surface area contributed by atoms with Crippen LogP contribution >= 0.6 is 0 Å². The van der Waals surface area contributed by atoms with Crippen LogP contribution in [0.2, 0.25) is 0 Å². The van der Waals surface area contributed by atoms with Crippen molar-refractivity contribution in [3.63, 3.8) is 0 Å². The smallest absolute Gasteiger partial charge is 0.177 e. The molecule has 0 saturated carbocycles. The van der Waals surface area contributed by atoms with Gasteiger partial charge in [0.25, 0.3) is 0 Å². The minimum atomic E-state index is 0.627. The molecule has 0 aliphatic heterocycles. The third-order valence-corrected chi connectivity index (χ3v) is 4.06. The normalized spacial score (nSPS) is 12.1. The minimum absolute atomic E-state index is 0.627. The van der Waals surface area contributed by atoms with Gasteiger partial charge < -0.3 is 4.84 Å². The lowest BCUT2D eigenvalue weighted by Gasteiger charge is -2.15. The number of nitrogens with zero attached hydrogens (tertiary/aromatic N) is 3. The van der Waals surface area contributed by atoms with E-state index >= 15 is 0 Å².